The molecule has 1 atom stereocenters. The van der Waals surface area contributed by atoms with Gasteiger partial charge in [0, 0.05) is 27.2 Å². The van der Waals surface area contributed by atoms with Gasteiger partial charge in [-0.15, -0.1) is 0 Å². The summed E-state index contributed by atoms with van der Waals surface area (Å²) in [5.41, 5.74) is 0.988. The van der Waals surface area contributed by atoms with Gasteiger partial charge >= 0.3 is 0 Å². The van der Waals surface area contributed by atoms with Crippen molar-refractivity contribution in [2.45, 2.75) is 25.9 Å². The molecule has 0 aromatic heterocycles. The van der Waals surface area contributed by atoms with E-state index >= 15 is 0 Å². The van der Waals surface area contributed by atoms with Gasteiger partial charge in [0.2, 0.25) is 0 Å². The normalized spacial score (nSPS) is 15.1. The maximum Gasteiger partial charge on any atom is 0.0972 e. The highest BCUT2D eigenvalue weighted by Gasteiger charge is 2.35. The highest BCUT2D eigenvalue weighted by Crippen LogP contribution is 2.36. The molecule has 0 spiro atoms. The van der Waals surface area contributed by atoms with Crippen LogP contribution in [0.5, 0.6) is 0 Å². The molecule has 0 aliphatic heterocycles. The second kappa shape index (κ2) is 6.02. The Kier molecular flexibility index (Phi) is 4.97. The lowest BCUT2D eigenvalue weighted by atomic mass is 9.80. The third-order valence-corrected chi connectivity index (χ3v) is 3.24. The zero-order chi connectivity index (χ0) is 12.0. The third-order valence-electron chi connectivity index (χ3n) is 3.24. The summed E-state index contributed by atoms with van der Waals surface area (Å²) in [6, 6.07) is 10.4. The van der Waals surface area contributed by atoms with Gasteiger partial charge in [0.05, 0.1) is 5.60 Å². The number of ether oxygens (including phenoxy) is 2. The van der Waals surface area contributed by atoms with E-state index in [9.17, 15) is 0 Å². The van der Waals surface area contributed by atoms with Crippen LogP contribution in [-0.4, -0.2) is 20.8 Å². The highest BCUT2D eigenvalue weighted by molar-refractivity contribution is 5.23. The van der Waals surface area contributed by atoms with Crippen molar-refractivity contribution in [1.29, 1.82) is 0 Å². The van der Waals surface area contributed by atoms with Crippen molar-refractivity contribution in [2.24, 2.45) is 5.92 Å². The summed E-state index contributed by atoms with van der Waals surface area (Å²) in [5.74, 6) is 0.412. The van der Waals surface area contributed by atoms with Crippen molar-refractivity contribution in [2.75, 3.05) is 20.8 Å². The summed E-state index contributed by atoms with van der Waals surface area (Å²) in [5, 5.41) is 0. The number of benzene rings is 1. The minimum absolute atomic E-state index is 0.239. The number of hydrogen-bond acceptors (Lipinski definition) is 2. The molecule has 0 amide bonds. The molecule has 1 rings (SSSR count). The molecule has 0 radical (unpaired) electrons. The van der Waals surface area contributed by atoms with Crippen LogP contribution in [0.2, 0.25) is 0 Å². The lowest BCUT2D eigenvalue weighted by molar-refractivity contribution is -0.0727. The van der Waals surface area contributed by atoms with Gasteiger partial charge in [0.15, 0.2) is 0 Å². The van der Waals surface area contributed by atoms with E-state index in [1.165, 1.54) is 5.56 Å². The minimum Gasteiger partial charge on any atom is -0.385 e. The summed E-state index contributed by atoms with van der Waals surface area (Å²) in [4.78, 5) is 0. The fourth-order valence-electron chi connectivity index (χ4n) is 2.20. The van der Waals surface area contributed by atoms with E-state index in [-0.39, 0.29) is 5.60 Å². The molecule has 0 saturated carbocycles. The third kappa shape index (κ3) is 2.63. The van der Waals surface area contributed by atoms with Crippen molar-refractivity contribution in [3.05, 3.63) is 35.9 Å². The Hall–Kier alpha value is -0.860. The molecule has 16 heavy (non-hydrogen) atoms. The largest absolute Gasteiger partial charge is 0.385 e. The first-order chi connectivity index (χ1) is 7.67. The fourth-order valence-corrected chi connectivity index (χ4v) is 2.20. The molecular formula is C14H22O2. The maximum absolute atomic E-state index is 5.81. The van der Waals surface area contributed by atoms with Crippen LogP contribution < -0.4 is 0 Å². The van der Waals surface area contributed by atoms with Crippen molar-refractivity contribution in [3.8, 4) is 0 Å². The summed E-state index contributed by atoms with van der Waals surface area (Å²) in [6.45, 7) is 5.08. The van der Waals surface area contributed by atoms with Crippen LogP contribution in [0.4, 0.5) is 0 Å². The van der Waals surface area contributed by atoms with Crippen molar-refractivity contribution < 1.29 is 9.47 Å². The van der Waals surface area contributed by atoms with Crippen LogP contribution in [0.25, 0.3) is 0 Å². The Morgan fingerprint density at radius 1 is 1.12 bits per heavy atom. The second-order valence-corrected chi connectivity index (χ2v) is 4.36. The van der Waals surface area contributed by atoms with E-state index in [0.29, 0.717) is 12.5 Å². The summed E-state index contributed by atoms with van der Waals surface area (Å²) >= 11 is 0. The van der Waals surface area contributed by atoms with Gasteiger partial charge in [-0.2, -0.15) is 0 Å². The van der Waals surface area contributed by atoms with Crippen molar-refractivity contribution >= 4 is 0 Å². The maximum atomic E-state index is 5.81. The summed E-state index contributed by atoms with van der Waals surface area (Å²) < 4.78 is 11.0. The zero-order valence-electron chi connectivity index (χ0n) is 10.7. The SMILES string of the molecule is COCCC(OC)(c1ccccc1)C(C)C. The first kappa shape index (κ1) is 13.2. The monoisotopic (exact) mass is 222 g/mol. The number of hydrogen-bond donors (Lipinski definition) is 0. The Labute approximate surface area is 98.6 Å². The molecule has 1 unspecified atom stereocenters. The van der Waals surface area contributed by atoms with Crippen LogP contribution in [0, 0.1) is 5.92 Å². The van der Waals surface area contributed by atoms with Gasteiger partial charge in [0.25, 0.3) is 0 Å². The molecule has 0 heterocycles. The molecule has 0 aliphatic carbocycles. The molecule has 0 saturated heterocycles. The average Bonchev–Trinajstić information content (AvgIpc) is 2.31. The number of rotatable bonds is 6. The average molecular weight is 222 g/mol. The summed E-state index contributed by atoms with van der Waals surface area (Å²) in [6.07, 6.45) is 0.877. The zero-order valence-corrected chi connectivity index (χ0v) is 10.7. The molecule has 1 aromatic carbocycles. The van der Waals surface area contributed by atoms with Crippen LogP contribution in [0.3, 0.4) is 0 Å². The molecule has 0 N–H and O–H groups in total. The Bertz CT molecular complexity index is 295. The van der Waals surface area contributed by atoms with E-state index in [0.717, 1.165) is 6.42 Å². The van der Waals surface area contributed by atoms with Crippen molar-refractivity contribution in [1.82, 2.24) is 0 Å². The van der Waals surface area contributed by atoms with Crippen LogP contribution in [0.15, 0.2) is 30.3 Å². The van der Waals surface area contributed by atoms with Crippen molar-refractivity contribution in [3.63, 3.8) is 0 Å². The smallest absolute Gasteiger partial charge is 0.0972 e. The highest BCUT2D eigenvalue weighted by atomic mass is 16.5. The van der Waals surface area contributed by atoms with Gasteiger partial charge in [-0.25, -0.2) is 0 Å². The van der Waals surface area contributed by atoms with Gasteiger partial charge in [0.1, 0.15) is 0 Å². The lowest BCUT2D eigenvalue weighted by Crippen LogP contribution is -2.35. The van der Waals surface area contributed by atoms with E-state index in [2.05, 4.69) is 38.1 Å². The Morgan fingerprint density at radius 2 is 1.75 bits per heavy atom. The second-order valence-electron chi connectivity index (χ2n) is 4.36. The van der Waals surface area contributed by atoms with Crippen LogP contribution >= 0.6 is 0 Å². The first-order valence-electron chi connectivity index (χ1n) is 5.77. The number of methoxy groups -OCH3 is 2. The van der Waals surface area contributed by atoms with Gasteiger partial charge < -0.3 is 9.47 Å². The fraction of sp³-hybridized carbons (Fsp3) is 0.571. The quantitative estimate of drug-likeness (QED) is 0.735. The Balaban J connectivity index is 3.02. The van der Waals surface area contributed by atoms with Crippen LogP contribution in [0.1, 0.15) is 25.8 Å². The van der Waals surface area contributed by atoms with E-state index in [1.807, 2.05) is 6.07 Å². The predicted molar refractivity (Wildman–Crippen MR) is 66.5 cm³/mol. The van der Waals surface area contributed by atoms with Gasteiger partial charge in [-0.05, 0) is 11.5 Å². The van der Waals surface area contributed by atoms with E-state index in [4.69, 9.17) is 9.47 Å². The molecule has 0 aliphatic rings. The minimum atomic E-state index is -0.239. The molecule has 1 aromatic rings. The Morgan fingerprint density at radius 3 is 2.19 bits per heavy atom. The van der Waals surface area contributed by atoms with Crippen LogP contribution in [-0.2, 0) is 15.1 Å². The molecule has 0 fully saturated rings. The molecule has 2 nitrogen and oxygen atoms in total. The molecule has 90 valence electrons. The predicted octanol–water partition coefficient (Wildman–Crippen LogP) is 3.22. The van der Waals surface area contributed by atoms with Gasteiger partial charge in [-0.3, -0.25) is 0 Å². The standard InChI is InChI=1S/C14H22O2/c1-12(2)14(16-4,10-11-15-3)13-8-6-5-7-9-13/h5-9,12H,10-11H2,1-4H3. The van der Waals surface area contributed by atoms with Gasteiger partial charge in [-0.1, -0.05) is 44.2 Å². The lowest BCUT2D eigenvalue weighted by Gasteiger charge is -2.37. The van der Waals surface area contributed by atoms with E-state index in [1.54, 1.807) is 14.2 Å². The molecular weight excluding hydrogens is 200 g/mol. The molecule has 2 heteroatoms. The first-order valence-corrected chi connectivity index (χ1v) is 5.77. The summed E-state index contributed by atoms with van der Waals surface area (Å²) in [7, 11) is 3.51. The topological polar surface area (TPSA) is 18.5 Å². The molecule has 0 bridgehead atoms. The van der Waals surface area contributed by atoms with E-state index < -0.39 is 0 Å².